The van der Waals surface area contributed by atoms with Gasteiger partial charge in [-0.15, -0.1) is 0 Å². The lowest BCUT2D eigenvalue weighted by Crippen LogP contribution is -2.54. The van der Waals surface area contributed by atoms with Crippen LogP contribution in [-0.2, 0) is 9.59 Å². The molecule has 2 heterocycles. The summed E-state index contributed by atoms with van der Waals surface area (Å²) in [7, 11) is 0. The van der Waals surface area contributed by atoms with Crippen molar-refractivity contribution < 1.29 is 9.59 Å². The van der Waals surface area contributed by atoms with Gasteiger partial charge in [-0.2, -0.15) is 0 Å². The summed E-state index contributed by atoms with van der Waals surface area (Å²) in [4.78, 5) is 29.8. The monoisotopic (exact) mass is 523 g/mol. The molecule has 0 radical (unpaired) electrons. The lowest BCUT2D eigenvalue weighted by Gasteiger charge is -2.43. The van der Waals surface area contributed by atoms with Crippen LogP contribution in [0.15, 0.2) is 58.6 Å². The van der Waals surface area contributed by atoms with Gasteiger partial charge in [0.15, 0.2) is 5.11 Å². The molecule has 0 saturated carbocycles. The predicted octanol–water partition coefficient (Wildman–Crippen LogP) is 5.69. The molecule has 1 N–H and O–H groups in total. The number of benzene rings is 2. The first-order valence-corrected chi connectivity index (χ1v) is 12.1. The molecular formula is C26H26BrN3O2S. The van der Waals surface area contributed by atoms with E-state index in [0.717, 1.165) is 28.6 Å². The largest absolute Gasteiger partial charge is 0.362 e. The van der Waals surface area contributed by atoms with Gasteiger partial charge in [-0.25, -0.2) is 0 Å². The molecule has 2 aliphatic heterocycles. The second-order valence-corrected chi connectivity index (χ2v) is 10.1. The van der Waals surface area contributed by atoms with E-state index < -0.39 is 11.8 Å². The first-order valence-electron chi connectivity index (χ1n) is 10.9. The molecule has 0 aliphatic carbocycles. The fraction of sp³-hybridized carbons (Fsp3) is 0.269. The van der Waals surface area contributed by atoms with Crippen molar-refractivity contribution in [1.29, 1.82) is 0 Å². The average Bonchev–Trinajstić information content (AvgIpc) is 2.74. The van der Waals surface area contributed by atoms with Crippen molar-refractivity contribution in [3.8, 4) is 0 Å². The molecule has 2 amide bonds. The highest BCUT2D eigenvalue weighted by Crippen LogP contribution is 2.39. The first-order chi connectivity index (χ1) is 15.6. The summed E-state index contributed by atoms with van der Waals surface area (Å²) in [5.41, 5.74) is 4.81. The van der Waals surface area contributed by atoms with Crippen LogP contribution in [0, 0.1) is 0 Å². The van der Waals surface area contributed by atoms with Crippen LogP contribution in [0.25, 0.3) is 11.6 Å². The van der Waals surface area contributed by atoms with Gasteiger partial charge in [0.05, 0.1) is 11.2 Å². The Bertz CT molecular complexity index is 1230. The standard InChI is InChI=1S/C26H26BrN3O2S/c1-5-11-29-22-10-9-17(12-20(22)16(2)15-26(29,3)4)13-21-23(31)28-25(33)30(24(21)32)19-8-6-7-18(27)14-19/h6-10,12-15H,5,11H2,1-4H3,(H,28,31,33)/b21-13-. The maximum Gasteiger partial charge on any atom is 0.270 e. The van der Waals surface area contributed by atoms with E-state index >= 15 is 0 Å². The van der Waals surface area contributed by atoms with Crippen LogP contribution in [0.2, 0.25) is 0 Å². The molecule has 0 atom stereocenters. The third kappa shape index (κ3) is 4.39. The van der Waals surface area contributed by atoms with Gasteiger partial charge in [0.2, 0.25) is 0 Å². The van der Waals surface area contributed by atoms with Crippen molar-refractivity contribution in [2.45, 2.75) is 39.7 Å². The number of nitrogens with one attached hydrogen (secondary N) is 1. The van der Waals surface area contributed by atoms with Crippen LogP contribution in [0.5, 0.6) is 0 Å². The van der Waals surface area contributed by atoms with Gasteiger partial charge < -0.3 is 4.90 Å². The summed E-state index contributed by atoms with van der Waals surface area (Å²) in [6.07, 6.45) is 4.96. The van der Waals surface area contributed by atoms with E-state index in [-0.39, 0.29) is 16.2 Å². The Labute approximate surface area is 208 Å². The normalized spacial score (nSPS) is 18.9. The Morgan fingerprint density at radius 2 is 1.91 bits per heavy atom. The van der Waals surface area contributed by atoms with E-state index in [2.05, 4.69) is 66.0 Å². The lowest BCUT2D eigenvalue weighted by atomic mass is 9.87. The number of carbonyl (C=O) groups is 2. The van der Waals surface area contributed by atoms with Gasteiger partial charge in [0.1, 0.15) is 5.57 Å². The number of hydrogen-bond acceptors (Lipinski definition) is 4. The molecule has 0 bridgehead atoms. The molecule has 2 aromatic carbocycles. The number of hydrogen-bond donors (Lipinski definition) is 1. The molecule has 5 nitrogen and oxygen atoms in total. The van der Waals surface area contributed by atoms with E-state index in [1.165, 1.54) is 16.2 Å². The average molecular weight is 524 g/mol. The second kappa shape index (κ2) is 8.88. The molecule has 1 fully saturated rings. The second-order valence-electron chi connectivity index (χ2n) is 8.85. The van der Waals surface area contributed by atoms with Gasteiger partial charge in [-0.1, -0.05) is 41.1 Å². The number of halogens is 1. The molecule has 170 valence electrons. The van der Waals surface area contributed by atoms with Crippen molar-refractivity contribution in [1.82, 2.24) is 5.32 Å². The van der Waals surface area contributed by atoms with Gasteiger partial charge in [0, 0.05) is 22.3 Å². The van der Waals surface area contributed by atoms with Gasteiger partial charge in [0.25, 0.3) is 11.8 Å². The smallest absolute Gasteiger partial charge is 0.270 e. The summed E-state index contributed by atoms with van der Waals surface area (Å²) in [5.74, 6) is -0.935. The zero-order chi connectivity index (χ0) is 23.9. The number of allylic oxidation sites excluding steroid dienone is 1. The molecule has 0 aromatic heterocycles. The summed E-state index contributed by atoms with van der Waals surface area (Å²) in [6.45, 7) is 9.66. The summed E-state index contributed by atoms with van der Waals surface area (Å²) in [6, 6.07) is 13.3. The number of thiocarbonyl (C=S) groups is 1. The Kier molecular flexibility index (Phi) is 6.29. The van der Waals surface area contributed by atoms with Gasteiger partial charge in [-0.3, -0.25) is 19.8 Å². The molecule has 2 aromatic rings. The molecule has 1 saturated heterocycles. The van der Waals surface area contributed by atoms with Crippen LogP contribution in [0.3, 0.4) is 0 Å². The molecule has 0 spiro atoms. The molecule has 33 heavy (non-hydrogen) atoms. The van der Waals surface area contributed by atoms with Crippen LogP contribution in [-0.4, -0.2) is 29.0 Å². The summed E-state index contributed by atoms with van der Waals surface area (Å²) in [5, 5.41) is 2.72. The van der Waals surface area contributed by atoms with Crippen LogP contribution >= 0.6 is 28.1 Å². The Morgan fingerprint density at radius 1 is 1.15 bits per heavy atom. The number of anilines is 2. The van der Waals surface area contributed by atoms with Crippen molar-refractivity contribution in [3.63, 3.8) is 0 Å². The molecule has 7 heteroatoms. The predicted molar refractivity (Wildman–Crippen MR) is 142 cm³/mol. The van der Waals surface area contributed by atoms with Crippen LogP contribution in [0.4, 0.5) is 11.4 Å². The van der Waals surface area contributed by atoms with Crippen molar-refractivity contribution in [2.75, 3.05) is 16.3 Å². The van der Waals surface area contributed by atoms with E-state index in [1.54, 1.807) is 18.2 Å². The number of carbonyl (C=O) groups excluding carboxylic acids is 2. The maximum atomic E-state index is 13.3. The van der Waals surface area contributed by atoms with E-state index in [0.29, 0.717) is 5.69 Å². The third-order valence-corrected chi connectivity index (χ3v) is 6.71. The zero-order valence-electron chi connectivity index (χ0n) is 19.1. The fourth-order valence-corrected chi connectivity index (χ4v) is 5.16. The van der Waals surface area contributed by atoms with Crippen molar-refractivity contribution >= 4 is 68.1 Å². The first kappa shape index (κ1) is 23.4. The van der Waals surface area contributed by atoms with Crippen LogP contribution < -0.4 is 15.1 Å². The molecular weight excluding hydrogens is 498 g/mol. The number of rotatable bonds is 4. The minimum atomic E-state index is -0.491. The minimum absolute atomic E-state index is 0.0479. The van der Waals surface area contributed by atoms with Gasteiger partial charge >= 0.3 is 0 Å². The Balaban J connectivity index is 1.74. The van der Waals surface area contributed by atoms with Crippen molar-refractivity contribution in [2.24, 2.45) is 0 Å². The Morgan fingerprint density at radius 3 is 2.61 bits per heavy atom. The molecule has 2 aliphatic rings. The van der Waals surface area contributed by atoms with Crippen molar-refractivity contribution in [3.05, 3.63) is 69.7 Å². The highest BCUT2D eigenvalue weighted by atomic mass is 79.9. The SMILES string of the molecule is CCCN1c2ccc(/C=C3/C(=O)NC(=S)N(c4cccc(Br)c4)C3=O)cc2C(C)=CC1(C)C. The van der Waals surface area contributed by atoms with E-state index in [4.69, 9.17) is 12.2 Å². The van der Waals surface area contributed by atoms with Gasteiger partial charge in [-0.05, 0) is 87.0 Å². The highest BCUT2D eigenvalue weighted by Gasteiger charge is 2.35. The summed E-state index contributed by atoms with van der Waals surface area (Å²) >= 11 is 8.72. The highest BCUT2D eigenvalue weighted by molar-refractivity contribution is 9.10. The zero-order valence-corrected chi connectivity index (χ0v) is 21.5. The van der Waals surface area contributed by atoms with E-state index in [9.17, 15) is 9.59 Å². The molecule has 0 unspecified atom stereocenters. The number of nitrogens with zero attached hydrogens (tertiary/aromatic N) is 2. The molecule has 4 rings (SSSR count). The third-order valence-electron chi connectivity index (χ3n) is 5.93. The number of fused-ring (bicyclic) bond motifs is 1. The number of amides is 2. The van der Waals surface area contributed by atoms with Crippen LogP contribution in [0.1, 0.15) is 45.2 Å². The lowest BCUT2D eigenvalue weighted by molar-refractivity contribution is -0.122. The summed E-state index contributed by atoms with van der Waals surface area (Å²) < 4.78 is 0.814. The topological polar surface area (TPSA) is 52.7 Å². The maximum absolute atomic E-state index is 13.3. The quantitative estimate of drug-likeness (QED) is 0.317. The van der Waals surface area contributed by atoms with E-state index in [1.807, 2.05) is 24.3 Å². The minimum Gasteiger partial charge on any atom is -0.362 e. The Hall–Kier alpha value is -2.77. The fourth-order valence-electron chi connectivity index (χ4n) is 4.50.